The molecule has 0 aromatic rings. The third-order valence-electron chi connectivity index (χ3n) is 19.5. The summed E-state index contributed by atoms with van der Waals surface area (Å²) in [4.78, 5) is 37.4. The highest BCUT2D eigenvalue weighted by Gasteiger charge is 2.66. The van der Waals surface area contributed by atoms with Gasteiger partial charge in [-0.3, -0.25) is 19.6 Å². The third kappa shape index (κ3) is 10.7. The molecule has 0 aromatic heterocycles. The molecule has 5 heterocycles. The maximum atomic E-state index is 13.5. The van der Waals surface area contributed by atoms with Gasteiger partial charge in [-0.1, -0.05) is 202 Å². The predicted molar refractivity (Wildman–Crippen MR) is 322 cm³/mol. The summed E-state index contributed by atoms with van der Waals surface area (Å²) in [5, 5.41) is 0. The van der Waals surface area contributed by atoms with Crippen molar-refractivity contribution in [2.24, 2.45) is 47.3 Å². The Morgan fingerprint density at radius 2 is 0.506 bits per heavy atom. The lowest BCUT2D eigenvalue weighted by Crippen LogP contribution is -2.72. The molecule has 8 aliphatic carbocycles. The van der Waals surface area contributed by atoms with E-state index in [2.05, 4.69) is 214 Å². The molecule has 0 spiro atoms. The fourth-order valence-electron chi connectivity index (χ4n) is 16.2. The molecule has 2 N–H and O–H groups in total. The summed E-state index contributed by atoms with van der Waals surface area (Å²) in [5.41, 5.74) is 0. The van der Waals surface area contributed by atoms with Crippen LogP contribution in [0.2, 0.25) is 24.2 Å². The zero-order valence-electron chi connectivity index (χ0n) is 45.3. The van der Waals surface area contributed by atoms with Gasteiger partial charge in [0.15, 0.2) is 0 Å². The molecule has 13 rings (SSSR count). The van der Waals surface area contributed by atoms with Crippen LogP contribution in [0.4, 0.5) is 0 Å². The summed E-state index contributed by atoms with van der Waals surface area (Å²) < 4.78 is 42.9. The van der Waals surface area contributed by atoms with Crippen LogP contribution in [0, 0.1) is 47.3 Å². The molecule has 13 aliphatic rings. The molecule has 5 aliphatic heterocycles. The number of likely N-dealkylation sites (tertiary alicyclic amines) is 4. The van der Waals surface area contributed by atoms with E-state index in [1.807, 2.05) is 0 Å². The van der Waals surface area contributed by atoms with Gasteiger partial charge in [0, 0.05) is 134 Å². The topological polar surface area (TPSA) is 109 Å². The smallest absolute Gasteiger partial charge is 0.391 e. The highest BCUT2D eigenvalue weighted by Crippen LogP contribution is 2.47. The molecule has 12 nitrogen and oxygen atoms in total. The highest BCUT2D eigenvalue weighted by atomic mass is 28.6. The van der Waals surface area contributed by atoms with Gasteiger partial charge >= 0.3 is 35.2 Å². The quantitative estimate of drug-likeness (QED) is 0.128. The van der Waals surface area contributed by atoms with Gasteiger partial charge in [0.25, 0.3) is 0 Å². The standard InChI is InChI=1S/C62H80N4O8Si4.CH4/c1-69-77(45-21-41-65-59-35-15-7-27-51(59)52-28-8-16-36-60(52)65)72-75(67,43-19-39-63-55-31-11-3-23-47(55)48-24-4-12-32-56(48)63)71-76(68,44-20-40-64-57-33-13-5-25-49(57)50-26-6-14-34-58(50)64)73-78(70-2,74-77)46-22-42-66-61-37-17-9-29-53(61)54-30-10-18-38-62(54)66;/h3-18,23-38,47-62,67-68H,19-22,39-46H2,1-2H3;1H4. The Balaban J connectivity index is 0.00000623. The highest BCUT2D eigenvalue weighted by molar-refractivity contribution is 6.88. The predicted octanol–water partition coefficient (Wildman–Crippen LogP) is 9.44. The van der Waals surface area contributed by atoms with Crippen LogP contribution in [0.5, 0.6) is 0 Å². The number of rotatable bonds is 18. The van der Waals surface area contributed by atoms with E-state index in [1.54, 1.807) is 14.2 Å². The Kier molecular flexibility index (Phi) is 16.6. The van der Waals surface area contributed by atoms with Gasteiger partial charge < -0.3 is 34.9 Å². The first-order valence-electron chi connectivity index (χ1n) is 29.4. The zero-order valence-corrected chi connectivity index (χ0v) is 49.3. The van der Waals surface area contributed by atoms with Gasteiger partial charge in [-0.25, -0.2) is 0 Å². The van der Waals surface area contributed by atoms with Crippen molar-refractivity contribution >= 4 is 35.2 Å². The molecule has 5 saturated heterocycles. The van der Waals surface area contributed by atoms with E-state index in [-0.39, 0.29) is 67.8 Å². The number of hydrogen-bond acceptors (Lipinski definition) is 12. The monoisotopic (exact) mass is 1140 g/mol. The fourth-order valence-corrected chi connectivity index (χ4v) is 33.5. The van der Waals surface area contributed by atoms with Gasteiger partial charge in [-0.15, -0.1) is 0 Å². The van der Waals surface area contributed by atoms with Crippen molar-refractivity contribution in [1.29, 1.82) is 0 Å². The number of fused-ring (bicyclic) bond motifs is 12. The number of hydrogen-bond donors (Lipinski definition) is 2. The second-order valence-corrected chi connectivity index (χ2v) is 35.3. The SMILES string of the molecule is C.CO[Si]1(CCCN2C3C=CC=CC3C3C=CC=CC32)O[Si](O)(CCCN2C3C=CC=CC3C3C=CC=CC32)O[Si](O)(CCCN2C3C=CC=CC3C3C=CC=CC32)O[Si](CCCN2C3C=CC=CC3C3C=CC=CC32)(OC)O1. The minimum Gasteiger partial charge on any atom is -0.391 e. The summed E-state index contributed by atoms with van der Waals surface area (Å²) >= 11 is 0. The zero-order chi connectivity index (χ0) is 52.9. The van der Waals surface area contributed by atoms with Crippen LogP contribution >= 0.6 is 0 Å². The van der Waals surface area contributed by atoms with E-state index in [9.17, 15) is 9.59 Å². The normalized spacial score (nSPS) is 44.3. The second-order valence-electron chi connectivity index (χ2n) is 23.7. The van der Waals surface area contributed by atoms with Crippen LogP contribution < -0.4 is 0 Å². The molecule has 0 radical (unpaired) electrons. The van der Waals surface area contributed by atoms with Crippen LogP contribution in [0.15, 0.2) is 194 Å². The molecule has 16 heteroatoms. The van der Waals surface area contributed by atoms with Crippen LogP contribution in [-0.4, -0.2) is 153 Å². The van der Waals surface area contributed by atoms with E-state index in [0.717, 1.165) is 13.1 Å². The summed E-state index contributed by atoms with van der Waals surface area (Å²) in [7, 11) is -13.3. The lowest BCUT2D eigenvalue weighted by molar-refractivity contribution is 0.0474. The van der Waals surface area contributed by atoms with E-state index in [4.69, 9.17) is 25.3 Å². The van der Waals surface area contributed by atoms with Crippen molar-refractivity contribution < 1.29 is 34.9 Å². The molecule has 0 aromatic carbocycles. The lowest BCUT2D eigenvalue weighted by atomic mass is 9.83. The Bertz CT molecular complexity index is 2430. The van der Waals surface area contributed by atoms with Gasteiger partial charge in [0.1, 0.15) is 0 Å². The Labute approximate surface area is 475 Å². The molecular formula is C63H84N4O8Si4. The first-order chi connectivity index (χ1) is 38.2. The first kappa shape index (κ1) is 55.7. The van der Waals surface area contributed by atoms with Crippen LogP contribution in [0.3, 0.4) is 0 Å². The van der Waals surface area contributed by atoms with Crippen LogP contribution in [0.1, 0.15) is 33.1 Å². The Hall–Kier alpha value is -3.77. The summed E-state index contributed by atoms with van der Waals surface area (Å²) in [6.45, 7) is 2.97. The van der Waals surface area contributed by atoms with Crippen molar-refractivity contribution in [3.05, 3.63) is 194 Å². The molecule has 20 atom stereocenters. The van der Waals surface area contributed by atoms with Crippen molar-refractivity contribution in [2.75, 3.05) is 40.4 Å². The average molecular weight is 1140 g/mol. The molecule has 0 amide bonds. The molecule has 79 heavy (non-hydrogen) atoms. The minimum absolute atomic E-state index is 0. The van der Waals surface area contributed by atoms with Crippen molar-refractivity contribution in [3.63, 3.8) is 0 Å². The van der Waals surface area contributed by atoms with Gasteiger partial charge in [-0.05, 0) is 51.9 Å². The van der Waals surface area contributed by atoms with E-state index in [1.165, 1.54) is 0 Å². The Morgan fingerprint density at radius 1 is 0.304 bits per heavy atom. The van der Waals surface area contributed by atoms with E-state index in [0.29, 0.717) is 98.2 Å². The Morgan fingerprint density at radius 3 is 0.722 bits per heavy atom. The minimum atomic E-state index is -4.38. The van der Waals surface area contributed by atoms with Gasteiger partial charge in [0.05, 0.1) is 0 Å². The molecule has 420 valence electrons. The first-order valence-corrected chi connectivity index (χ1v) is 37.2. The lowest BCUT2D eigenvalue weighted by Gasteiger charge is -2.47. The largest absolute Gasteiger partial charge is 0.486 e. The van der Waals surface area contributed by atoms with Crippen molar-refractivity contribution in [2.45, 2.75) is 106 Å². The molecule has 0 saturated carbocycles. The third-order valence-corrected chi connectivity index (χ3v) is 34.7. The summed E-state index contributed by atoms with van der Waals surface area (Å²) in [5.74, 6) is 3.06. The van der Waals surface area contributed by atoms with Crippen molar-refractivity contribution in [1.82, 2.24) is 19.6 Å². The van der Waals surface area contributed by atoms with E-state index >= 15 is 0 Å². The fraction of sp³-hybridized carbons (Fsp3) is 0.492. The van der Waals surface area contributed by atoms with Crippen LogP contribution in [-0.2, 0) is 25.3 Å². The summed E-state index contributed by atoms with van der Waals surface area (Å²) in [6.07, 6.45) is 74.9. The average Bonchev–Trinajstić information content (AvgIpc) is 4.31. The maximum absolute atomic E-state index is 13.5. The summed E-state index contributed by atoms with van der Waals surface area (Å²) in [6, 6.07) is 3.27. The number of allylic oxidation sites excluding steroid dienone is 16. The van der Waals surface area contributed by atoms with E-state index < -0.39 is 35.2 Å². The molecule has 0 bridgehead atoms. The molecule has 5 fully saturated rings. The van der Waals surface area contributed by atoms with Crippen LogP contribution in [0.25, 0.3) is 0 Å². The molecule has 20 unspecified atom stereocenters. The molecular weight excluding hydrogens is 1050 g/mol. The maximum Gasteiger partial charge on any atom is 0.486 e. The van der Waals surface area contributed by atoms with Gasteiger partial charge in [0.2, 0.25) is 0 Å². The van der Waals surface area contributed by atoms with Crippen molar-refractivity contribution in [3.8, 4) is 0 Å². The number of nitrogens with zero attached hydrogens (tertiary/aromatic N) is 4. The van der Waals surface area contributed by atoms with Gasteiger partial charge in [-0.2, -0.15) is 0 Å². The second kappa shape index (κ2) is 23.5.